The number of thioether (sulfide) groups is 1. The molecule has 2 amide bonds. The lowest BCUT2D eigenvalue weighted by atomic mass is 10.2. The first-order valence-corrected chi connectivity index (χ1v) is 10.6. The Morgan fingerprint density at radius 3 is 2.39 bits per heavy atom. The Morgan fingerprint density at radius 1 is 1.04 bits per heavy atom. The maximum absolute atomic E-state index is 12.1. The molecule has 0 saturated carbocycles. The fraction of sp³-hybridized carbons (Fsp3) is 0.0952. The molecule has 0 saturated heterocycles. The van der Waals surface area contributed by atoms with Gasteiger partial charge in [0, 0.05) is 34.5 Å². The summed E-state index contributed by atoms with van der Waals surface area (Å²) in [5.74, 6) is -0.366. The van der Waals surface area contributed by atoms with E-state index in [0.29, 0.717) is 5.13 Å². The van der Waals surface area contributed by atoms with Gasteiger partial charge in [-0.05, 0) is 42.2 Å². The number of carbonyl (C=O) groups excluding carboxylic acids is 2. The van der Waals surface area contributed by atoms with Gasteiger partial charge in [0.15, 0.2) is 5.13 Å². The van der Waals surface area contributed by atoms with Crippen LogP contribution < -0.4 is 10.6 Å². The maximum Gasteiger partial charge on any atom is 0.250 e. The number of hydrogen-bond acceptors (Lipinski definition) is 5. The van der Waals surface area contributed by atoms with Gasteiger partial charge >= 0.3 is 0 Å². The molecule has 28 heavy (non-hydrogen) atoms. The lowest BCUT2D eigenvalue weighted by Gasteiger charge is -2.01. The second-order valence-electron chi connectivity index (χ2n) is 5.89. The molecule has 0 atom stereocenters. The predicted molar refractivity (Wildman–Crippen MR) is 118 cm³/mol. The van der Waals surface area contributed by atoms with Gasteiger partial charge in [0.25, 0.3) is 0 Å². The molecule has 0 spiro atoms. The Kier molecular flexibility index (Phi) is 6.62. The van der Waals surface area contributed by atoms with E-state index in [9.17, 15) is 9.59 Å². The molecular weight excluding hydrogens is 390 g/mol. The van der Waals surface area contributed by atoms with Crippen LogP contribution in [-0.2, 0) is 9.59 Å². The van der Waals surface area contributed by atoms with Crippen molar-refractivity contribution in [3.05, 3.63) is 65.6 Å². The highest BCUT2D eigenvalue weighted by Gasteiger charge is 2.06. The van der Waals surface area contributed by atoms with E-state index in [1.807, 2.05) is 35.9 Å². The molecule has 0 bridgehead atoms. The van der Waals surface area contributed by atoms with Gasteiger partial charge in [-0.2, -0.15) is 0 Å². The van der Waals surface area contributed by atoms with Crippen LogP contribution in [0.1, 0.15) is 12.5 Å². The molecular formula is C21H19N3O2S2. The van der Waals surface area contributed by atoms with Crippen molar-refractivity contribution >= 4 is 51.8 Å². The number of aromatic nitrogens is 1. The van der Waals surface area contributed by atoms with Crippen molar-refractivity contribution in [1.29, 1.82) is 0 Å². The molecule has 0 unspecified atom stereocenters. The molecule has 2 aromatic carbocycles. The molecule has 3 aromatic rings. The van der Waals surface area contributed by atoms with Crippen LogP contribution >= 0.6 is 23.1 Å². The van der Waals surface area contributed by atoms with Gasteiger partial charge in [-0.25, -0.2) is 4.98 Å². The van der Waals surface area contributed by atoms with Gasteiger partial charge in [-0.1, -0.05) is 24.3 Å². The quantitative estimate of drug-likeness (QED) is 0.437. The van der Waals surface area contributed by atoms with Crippen molar-refractivity contribution in [2.75, 3.05) is 16.9 Å². The average Bonchev–Trinajstić information content (AvgIpc) is 3.15. The van der Waals surface area contributed by atoms with Crippen LogP contribution in [0.4, 0.5) is 10.8 Å². The molecule has 0 aliphatic rings. The molecule has 3 rings (SSSR count). The molecule has 0 aliphatic heterocycles. The van der Waals surface area contributed by atoms with Gasteiger partial charge in [0.1, 0.15) is 0 Å². The number of rotatable bonds is 6. The van der Waals surface area contributed by atoms with E-state index in [1.165, 1.54) is 29.2 Å². The zero-order valence-corrected chi connectivity index (χ0v) is 17.1. The van der Waals surface area contributed by atoms with Crippen molar-refractivity contribution in [2.45, 2.75) is 11.8 Å². The molecule has 1 aromatic heterocycles. The molecule has 0 radical (unpaired) electrons. The third-order valence-electron chi connectivity index (χ3n) is 3.78. The lowest BCUT2D eigenvalue weighted by Crippen LogP contribution is -2.07. The number of nitrogens with zero attached hydrogens (tertiary/aromatic N) is 1. The lowest BCUT2D eigenvalue weighted by molar-refractivity contribution is -0.114. The Labute approximate surface area is 171 Å². The predicted octanol–water partition coefficient (Wildman–Crippen LogP) is 5.14. The molecule has 1 heterocycles. The number of amides is 2. The first kappa shape index (κ1) is 19.9. The van der Waals surface area contributed by atoms with Crippen LogP contribution in [0.25, 0.3) is 17.3 Å². The zero-order chi connectivity index (χ0) is 19.9. The summed E-state index contributed by atoms with van der Waals surface area (Å²) in [6.45, 7) is 1.46. The van der Waals surface area contributed by atoms with E-state index >= 15 is 0 Å². The minimum Gasteiger partial charge on any atom is -0.326 e. The van der Waals surface area contributed by atoms with E-state index in [0.717, 1.165) is 22.5 Å². The van der Waals surface area contributed by atoms with Crippen LogP contribution in [0.3, 0.4) is 0 Å². The van der Waals surface area contributed by atoms with E-state index < -0.39 is 0 Å². The standard InChI is InChI=1S/C21H19N3O2S2/c1-14(25)22-17-8-3-15(4-9-17)5-12-20(26)24-21-23-19(13-28-21)16-6-10-18(27-2)11-7-16/h3-13H,1-2H3,(H,22,25)(H,23,24,26). The van der Waals surface area contributed by atoms with E-state index in [4.69, 9.17) is 0 Å². The third kappa shape index (κ3) is 5.55. The molecule has 5 nitrogen and oxygen atoms in total. The highest BCUT2D eigenvalue weighted by atomic mass is 32.2. The van der Waals surface area contributed by atoms with Crippen LogP contribution in [0, 0.1) is 0 Å². The summed E-state index contributed by atoms with van der Waals surface area (Å²) in [7, 11) is 0. The van der Waals surface area contributed by atoms with Crippen LogP contribution in [-0.4, -0.2) is 23.1 Å². The van der Waals surface area contributed by atoms with Crippen molar-refractivity contribution in [3.8, 4) is 11.3 Å². The summed E-state index contributed by atoms with van der Waals surface area (Å²) in [4.78, 5) is 28.8. The van der Waals surface area contributed by atoms with Gasteiger partial charge < -0.3 is 5.32 Å². The fourth-order valence-electron chi connectivity index (χ4n) is 2.43. The second kappa shape index (κ2) is 9.34. The summed E-state index contributed by atoms with van der Waals surface area (Å²) in [6, 6.07) is 15.4. The SMILES string of the molecule is CSc1ccc(-c2csc(NC(=O)C=Cc3ccc(NC(C)=O)cc3)n2)cc1. The van der Waals surface area contributed by atoms with Gasteiger partial charge in [-0.15, -0.1) is 23.1 Å². The monoisotopic (exact) mass is 409 g/mol. The van der Waals surface area contributed by atoms with Crippen LogP contribution in [0.15, 0.2) is 64.9 Å². The van der Waals surface area contributed by atoms with Gasteiger partial charge in [0.2, 0.25) is 11.8 Å². The summed E-state index contributed by atoms with van der Waals surface area (Å²) in [5, 5.41) is 7.96. The minimum absolute atomic E-state index is 0.120. The number of hydrogen-bond donors (Lipinski definition) is 2. The fourth-order valence-corrected chi connectivity index (χ4v) is 3.56. The summed E-state index contributed by atoms with van der Waals surface area (Å²) in [6.07, 6.45) is 5.21. The first-order valence-electron chi connectivity index (χ1n) is 8.50. The number of nitrogens with one attached hydrogen (secondary N) is 2. The molecule has 7 heteroatoms. The van der Waals surface area contributed by atoms with Crippen molar-refractivity contribution in [3.63, 3.8) is 0 Å². The summed E-state index contributed by atoms with van der Waals surface area (Å²) < 4.78 is 0. The van der Waals surface area contributed by atoms with Crippen molar-refractivity contribution in [2.24, 2.45) is 0 Å². The molecule has 0 fully saturated rings. The Bertz CT molecular complexity index is 993. The summed E-state index contributed by atoms with van der Waals surface area (Å²) in [5.41, 5.74) is 3.43. The minimum atomic E-state index is -0.246. The maximum atomic E-state index is 12.1. The zero-order valence-electron chi connectivity index (χ0n) is 15.4. The Balaban J connectivity index is 1.59. The molecule has 0 aliphatic carbocycles. The highest BCUT2D eigenvalue weighted by Crippen LogP contribution is 2.26. The van der Waals surface area contributed by atoms with Crippen LogP contribution in [0.5, 0.6) is 0 Å². The normalized spacial score (nSPS) is 10.8. The average molecular weight is 410 g/mol. The van der Waals surface area contributed by atoms with E-state index in [1.54, 1.807) is 30.0 Å². The Hall–Kier alpha value is -2.90. The topological polar surface area (TPSA) is 71.1 Å². The van der Waals surface area contributed by atoms with E-state index in [-0.39, 0.29) is 11.8 Å². The number of thiazole rings is 1. The third-order valence-corrected chi connectivity index (χ3v) is 5.28. The van der Waals surface area contributed by atoms with Crippen LogP contribution in [0.2, 0.25) is 0 Å². The number of benzene rings is 2. The second-order valence-corrected chi connectivity index (χ2v) is 7.63. The first-order chi connectivity index (χ1) is 13.5. The van der Waals surface area contributed by atoms with Gasteiger partial charge in [0.05, 0.1) is 5.69 Å². The molecule has 142 valence electrons. The van der Waals surface area contributed by atoms with E-state index in [2.05, 4.69) is 27.8 Å². The Morgan fingerprint density at radius 2 is 1.75 bits per heavy atom. The van der Waals surface area contributed by atoms with Crippen molar-refractivity contribution in [1.82, 2.24) is 4.98 Å². The van der Waals surface area contributed by atoms with Gasteiger partial charge in [-0.3, -0.25) is 14.9 Å². The number of carbonyl (C=O) groups is 2. The molecule has 2 N–H and O–H groups in total. The largest absolute Gasteiger partial charge is 0.326 e. The van der Waals surface area contributed by atoms with Crippen molar-refractivity contribution < 1.29 is 9.59 Å². The highest BCUT2D eigenvalue weighted by molar-refractivity contribution is 7.98. The smallest absolute Gasteiger partial charge is 0.250 e. The summed E-state index contributed by atoms with van der Waals surface area (Å²) >= 11 is 3.08. The number of anilines is 2.